The first-order valence-electron chi connectivity index (χ1n) is 9.69. The van der Waals surface area contributed by atoms with Gasteiger partial charge in [0.1, 0.15) is 11.4 Å². The van der Waals surface area contributed by atoms with Crippen LogP contribution in [-0.4, -0.2) is 29.2 Å². The highest BCUT2D eigenvalue weighted by Crippen LogP contribution is 2.11. The minimum Gasteiger partial charge on any atom is -0.508 e. The normalized spacial score (nSPS) is 18.3. The van der Waals surface area contributed by atoms with Gasteiger partial charge in [-0.25, -0.2) is 4.99 Å². The molecule has 1 saturated heterocycles. The van der Waals surface area contributed by atoms with Crippen molar-refractivity contribution in [1.82, 2.24) is 16.0 Å². The van der Waals surface area contributed by atoms with Crippen LogP contribution in [0.3, 0.4) is 0 Å². The van der Waals surface area contributed by atoms with Crippen LogP contribution in [0.1, 0.15) is 64.9 Å². The van der Waals surface area contributed by atoms with Crippen molar-refractivity contribution in [2.45, 2.75) is 71.5 Å². The number of guanidine groups is 2. The lowest BCUT2D eigenvalue weighted by molar-refractivity contribution is 0.403. The maximum Gasteiger partial charge on any atom is 0.200 e. The van der Waals surface area contributed by atoms with Crippen molar-refractivity contribution >= 4 is 24.3 Å². The number of nitrogens with zero attached hydrogens (tertiary/aromatic N) is 2. The molecule has 2 rings (SSSR count). The summed E-state index contributed by atoms with van der Waals surface area (Å²) >= 11 is 0. The van der Waals surface area contributed by atoms with Gasteiger partial charge >= 0.3 is 0 Å². The van der Waals surface area contributed by atoms with E-state index in [-0.39, 0.29) is 23.8 Å². The van der Waals surface area contributed by atoms with E-state index in [0.717, 1.165) is 24.5 Å². The number of benzene rings is 1. The van der Waals surface area contributed by atoms with Crippen molar-refractivity contribution in [2.24, 2.45) is 9.98 Å². The molecule has 0 unspecified atom stereocenters. The van der Waals surface area contributed by atoms with Crippen molar-refractivity contribution in [3.63, 3.8) is 0 Å². The summed E-state index contributed by atoms with van der Waals surface area (Å²) in [6.45, 7) is 7.72. The number of hydrogen-bond donors (Lipinski definition) is 4. The first kappa shape index (κ1) is 23.1. The molecule has 4 N–H and O–H groups in total. The van der Waals surface area contributed by atoms with Gasteiger partial charge in [-0.2, -0.15) is 0 Å². The largest absolute Gasteiger partial charge is 0.508 e. The van der Waals surface area contributed by atoms with Gasteiger partial charge < -0.3 is 15.7 Å². The third-order valence-electron chi connectivity index (χ3n) is 4.24. The molecule has 6 nitrogen and oxygen atoms in total. The summed E-state index contributed by atoms with van der Waals surface area (Å²) in [6.07, 6.45) is 7.59. The topological polar surface area (TPSA) is 81.0 Å². The second-order valence-electron chi connectivity index (χ2n) is 7.33. The van der Waals surface area contributed by atoms with Gasteiger partial charge in [-0.1, -0.05) is 51.2 Å². The number of halogens is 1. The van der Waals surface area contributed by atoms with E-state index < -0.39 is 0 Å². The number of aliphatic imine (C=N–C) groups is 2. The number of unbranched alkanes of at least 4 members (excludes halogenated alkanes) is 5. The molecule has 0 amide bonds. The smallest absolute Gasteiger partial charge is 0.200 e. The predicted molar refractivity (Wildman–Crippen MR) is 116 cm³/mol. The molecule has 0 aromatic heterocycles. The molecule has 1 heterocycles. The number of aromatic hydroxyl groups is 1. The first-order chi connectivity index (χ1) is 12.5. The van der Waals surface area contributed by atoms with Crippen molar-refractivity contribution in [3.8, 4) is 5.75 Å². The molecule has 152 valence electrons. The minimum atomic E-state index is -0.307. The fraction of sp³-hybridized carbons (Fsp3) is 0.600. The summed E-state index contributed by atoms with van der Waals surface area (Å²) in [6, 6.07) is 7.10. The Kier molecular flexibility index (Phi) is 10.0. The molecule has 0 radical (unpaired) electrons. The predicted octanol–water partition coefficient (Wildman–Crippen LogP) is 3.91. The average Bonchev–Trinajstić information content (AvgIpc) is 2.59. The number of phenolic OH excluding ortho intramolecular Hbond substituents is 1. The Morgan fingerprint density at radius 3 is 2.15 bits per heavy atom. The molecule has 1 aliphatic heterocycles. The van der Waals surface area contributed by atoms with E-state index in [2.05, 4.69) is 46.7 Å². The third kappa shape index (κ3) is 9.00. The maximum absolute atomic E-state index is 9.36. The number of nitrogens with one attached hydrogen (secondary N) is 3. The average molecular weight is 396 g/mol. The molecule has 1 aromatic rings. The molecule has 0 aliphatic carbocycles. The molecule has 1 aliphatic rings. The van der Waals surface area contributed by atoms with E-state index in [9.17, 15) is 5.11 Å². The Labute approximate surface area is 169 Å². The Morgan fingerprint density at radius 1 is 0.889 bits per heavy atom. The van der Waals surface area contributed by atoms with Crippen LogP contribution in [-0.2, 0) is 6.54 Å². The Hall–Kier alpha value is -1.95. The molecule has 0 saturated carbocycles. The minimum absolute atomic E-state index is 0. The number of hydrogen-bond acceptors (Lipinski definition) is 3. The first-order valence-corrected chi connectivity index (χ1v) is 9.69. The fourth-order valence-electron chi connectivity index (χ4n) is 2.81. The van der Waals surface area contributed by atoms with Gasteiger partial charge in [0.05, 0.1) is 6.54 Å². The van der Waals surface area contributed by atoms with Crippen LogP contribution in [0.25, 0.3) is 0 Å². The van der Waals surface area contributed by atoms with E-state index in [0.29, 0.717) is 12.5 Å². The van der Waals surface area contributed by atoms with Crippen LogP contribution in [0.15, 0.2) is 34.3 Å². The monoisotopic (exact) mass is 395 g/mol. The van der Waals surface area contributed by atoms with Crippen LogP contribution in [0.2, 0.25) is 0 Å². The van der Waals surface area contributed by atoms with Crippen molar-refractivity contribution in [3.05, 3.63) is 29.8 Å². The van der Waals surface area contributed by atoms with Crippen molar-refractivity contribution in [1.29, 1.82) is 0 Å². The van der Waals surface area contributed by atoms with E-state index in [1.165, 1.54) is 32.1 Å². The Bertz CT molecular complexity index is 613. The highest BCUT2D eigenvalue weighted by molar-refractivity contribution is 6.01. The van der Waals surface area contributed by atoms with Gasteiger partial charge in [0.25, 0.3) is 0 Å². The fourth-order valence-corrected chi connectivity index (χ4v) is 2.81. The van der Waals surface area contributed by atoms with E-state index in [1.807, 2.05) is 12.1 Å². The van der Waals surface area contributed by atoms with Crippen LogP contribution in [0, 0.1) is 0 Å². The Balaban J connectivity index is 0.00000364. The summed E-state index contributed by atoms with van der Waals surface area (Å²) in [5.41, 5.74) is 0.736. The molecule has 7 heteroatoms. The van der Waals surface area contributed by atoms with Gasteiger partial charge in [-0.15, -0.1) is 12.4 Å². The standard InChI is InChI=1S/C20H33N5O.ClH/c1-4-5-6-7-8-9-14-21-18-23-19(25-20(2,3)24-18)22-15-16-10-12-17(26)13-11-16;/h10-13,26H,4-9,14-15H2,1-3H3,(H3,21,22,23,24,25);1H. The Morgan fingerprint density at radius 2 is 1.48 bits per heavy atom. The molecule has 1 fully saturated rings. The van der Waals surface area contributed by atoms with Crippen LogP contribution in [0.4, 0.5) is 0 Å². The van der Waals surface area contributed by atoms with Crippen molar-refractivity contribution < 1.29 is 5.11 Å². The molecule has 1 aromatic carbocycles. The number of rotatable bonds is 9. The SMILES string of the molecule is CCCCCCCCN=C1NC(=NCc2ccc(O)cc2)NC(C)(C)N1.Cl. The molecular formula is C20H34ClN5O. The van der Waals surface area contributed by atoms with E-state index >= 15 is 0 Å². The van der Waals surface area contributed by atoms with Crippen LogP contribution >= 0.6 is 12.4 Å². The summed E-state index contributed by atoms with van der Waals surface area (Å²) in [7, 11) is 0. The highest BCUT2D eigenvalue weighted by Gasteiger charge is 2.26. The molecular weight excluding hydrogens is 362 g/mol. The zero-order valence-corrected chi connectivity index (χ0v) is 17.5. The van der Waals surface area contributed by atoms with Gasteiger partial charge in [-0.3, -0.25) is 10.3 Å². The second kappa shape index (κ2) is 11.7. The van der Waals surface area contributed by atoms with Gasteiger partial charge in [0, 0.05) is 6.54 Å². The summed E-state index contributed by atoms with van der Waals surface area (Å²) in [5, 5.41) is 19.3. The van der Waals surface area contributed by atoms with E-state index in [1.54, 1.807) is 12.1 Å². The zero-order chi connectivity index (χ0) is 18.8. The lowest BCUT2D eigenvalue weighted by Gasteiger charge is -2.36. The second-order valence-corrected chi connectivity index (χ2v) is 7.33. The number of phenols is 1. The lowest BCUT2D eigenvalue weighted by Crippen LogP contribution is -2.68. The van der Waals surface area contributed by atoms with Gasteiger partial charge in [0.2, 0.25) is 0 Å². The third-order valence-corrected chi connectivity index (χ3v) is 4.24. The summed E-state index contributed by atoms with van der Waals surface area (Å²) in [4.78, 5) is 9.25. The molecule has 27 heavy (non-hydrogen) atoms. The van der Waals surface area contributed by atoms with Gasteiger partial charge in [0.15, 0.2) is 11.9 Å². The quantitative estimate of drug-likeness (QED) is 0.478. The molecule has 0 spiro atoms. The highest BCUT2D eigenvalue weighted by atomic mass is 35.5. The molecule has 0 bridgehead atoms. The lowest BCUT2D eigenvalue weighted by atomic mass is 10.1. The summed E-state index contributed by atoms with van der Waals surface area (Å²) < 4.78 is 0. The summed E-state index contributed by atoms with van der Waals surface area (Å²) in [5.74, 6) is 1.75. The maximum atomic E-state index is 9.36. The van der Waals surface area contributed by atoms with Crippen LogP contribution in [0.5, 0.6) is 5.75 Å². The molecule has 0 atom stereocenters. The zero-order valence-electron chi connectivity index (χ0n) is 16.7. The van der Waals surface area contributed by atoms with E-state index in [4.69, 9.17) is 0 Å². The van der Waals surface area contributed by atoms with Gasteiger partial charge in [-0.05, 0) is 38.0 Å². The van der Waals surface area contributed by atoms with Crippen molar-refractivity contribution in [2.75, 3.05) is 6.54 Å². The van der Waals surface area contributed by atoms with Crippen LogP contribution < -0.4 is 16.0 Å².